The van der Waals surface area contributed by atoms with Crippen molar-refractivity contribution in [3.63, 3.8) is 0 Å². The van der Waals surface area contributed by atoms with Crippen LogP contribution in [0, 0.1) is 5.92 Å². The lowest BCUT2D eigenvalue weighted by Gasteiger charge is -2.30. The van der Waals surface area contributed by atoms with Gasteiger partial charge in [-0.3, -0.25) is 9.69 Å². The number of halogens is 1. The van der Waals surface area contributed by atoms with Crippen LogP contribution in [-0.4, -0.2) is 43.2 Å². The lowest BCUT2D eigenvalue weighted by Crippen LogP contribution is -2.39. The maximum atomic E-state index is 12.5. The Morgan fingerprint density at radius 2 is 1.73 bits per heavy atom. The topological polar surface area (TPSA) is 47.9 Å². The van der Waals surface area contributed by atoms with Gasteiger partial charge in [0, 0.05) is 35.7 Å². The number of benzene rings is 2. The van der Waals surface area contributed by atoms with E-state index in [2.05, 4.69) is 86.5 Å². The molecular weight excluding hydrogens is 440 g/mol. The van der Waals surface area contributed by atoms with Gasteiger partial charge in [-0.25, -0.2) is 5.43 Å². The van der Waals surface area contributed by atoms with Crippen LogP contribution in [0.3, 0.4) is 0 Å². The predicted molar refractivity (Wildman–Crippen MR) is 128 cm³/mol. The highest BCUT2D eigenvalue weighted by Crippen LogP contribution is 2.20. The first-order chi connectivity index (χ1) is 14.6. The molecule has 0 radical (unpaired) electrons. The molecule has 0 spiro atoms. The Hall–Kier alpha value is -2.18. The van der Waals surface area contributed by atoms with E-state index in [9.17, 15) is 4.79 Å². The molecule has 3 rings (SSSR count). The fourth-order valence-electron chi connectivity index (χ4n) is 3.82. The summed E-state index contributed by atoms with van der Waals surface area (Å²) < 4.78 is 1.10. The summed E-state index contributed by atoms with van der Waals surface area (Å²) in [6, 6.07) is 16.7. The number of hydrogen-bond acceptors (Lipinski definition) is 4. The van der Waals surface area contributed by atoms with Gasteiger partial charge in [-0.2, -0.15) is 5.10 Å². The van der Waals surface area contributed by atoms with E-state index in [0.29, 0.717) is 0 Å². The van der Waals surface area contributed by atoms with Crippen molar-refractivity contribution in [2.45, 2.75) is 33.2 Å². The summed E-state index contributed by atoms with van der Waals surface area (Å²) in [5.74, 6) is 0.0580. The van der Waals surface area contributed by atoms with Crippen LogP contribution in [0.15, 0.2) is 58.1 Å². The van der Waals surface area contributed by atoms with Gasteiger partial charge in [-0.1, -0.05) is 40.2 Å². The largest absolute Gasteiger partial charge is 0.372 e. The van der Waals surface area contributed by atoms with E-state index in [-0.39, 0.29) is 11.8 Å². The van der Waals surface area contributed by atoms with Crippen LogP contribution in [0.5, 0.6) is 0 Å². The van der Waals surface area contributed by atoms with Gasteiger partial charge in [0.05, 0.1) is 6.21 Å². The Morgan fingerprint density at radius 3 is 2.33 bits per heavy atom. The molecule has 1 fully saturated rings. The number of rotatable bonds is 8. The van der Waals surface area contributed by atoms with Gasteiger partial charge in [-0.15, -0.1) is 0 Å². The van der Waals surface area contributed by atoms with E-state index < -0.39 is 0 Å². The monoisotopic (exact) mass is 470 g/mol. The van der Waals surface area contributed by atoms with Crippen molar-refractivity contribution in [2.24, 2.45) is 11.0 Å². The smallest absolute Gasteiger partial charge is 0.243 e. The molecule has 1 aliphatic heterocycles. The molecule has 1 N–H and O–H groups in total. The van der Waals surface area contributed by atoms with Gasteiger partial charge >= 0.3 is 0 Å². The van der Waals surface area contributed by atoms with E-state index in [1.54, 1.807) is 6.21 Å². The molecule has 1 heterocycles. The molecule has 0 bridgehead atoms. The Kier molecular flexibility index (Phi) is 8.46. The molecule has 30 heavy (non-hydrogen) atoms. The van der Waals surface area contributed by atoms with E-state index in [1.165, 1.54) is 11.3 Å². The maximum absolute atomic E-state index is 12.5. The fourth-order valence-corrected chi connectivity index (χ4v) is 4.09. The van der Waals surface area contributed by atoms with Crippen molar-refractivity contribution in [2.75, 3.05) is 31.1 Å². The van der Waals surface area contributed by atoms with Gasteiger partial charge < -0.3 is 4.90 Å². The average molecular weight is 471 g/mol. The number of carbonyl (C=O) groups is 1. The second kappa shape index (κ2) is 11.3. The molecule has 2 aromatic carbocycles. The molecule has 0 aliphatic carbocycles. The third kappa shape index (κ3) is 6.41. The predicted octanol–water partition coefficient (Wildman–Crippen LogP) is 4.66. The number of likely N-dealkylation sites (tertiary alicyclic amines) is 1. The molecule has 0 saturated carbocycles. The first-order valence-electron chi connectivity index (χ1n) is 10.7. The summed E-state index contributed by atoms with van der Waals surface area (Å²) >= 11 is 3.47. The molecule has 1 saturated heterocycles. The molecule has 6 heteroatoms. The zero-order chi connectivity index (χ0) is 21.3. The van der Waals surface area contributed by atoms with Gasteiger partial charge in [-0.05, 0) is 75.2 Å². The number of hydrogen-bond donors (Lipinski definition) is 1. The van der Waals surface area contributed by atoms with Crippen LogP contribution >= 0.6 is 15.9 Å². The Morgan fingerprint density at radius 1 is 1.10 bits per heavy atom. The lowest BCUT2D eigenvalue weighted by atomic mass is 9.96. The van der Waals surface area contributed by atoms with Crippen molar-refractivity contribution >= 4 is 33.7 Å². The van der Waals surface area contributed by atoms with Crippen molar-refractivity contribution in [1.29, 1.82) is 0 Å². The first kappa shape index (κ1) is 22.5. The summed E-state index contributed by atoms with van der Waals surface area (Å²) in [5, 5.41) is 4.17. The highest BCUT2D eigenvalue weighted by atomic mass is 79.9. The second-order valence-corrected chi connectivity index (χ2v) is 8.59. The van der Waals surface area contributed by atoms with Gasteiger partial charge in [0.15, 0.2) is 0 Å². The molecule has 1 amide bonds. The minimum atomic E-state index is 0.0225. The molecule has 1 aliphatic rings. The van der Waals surface area contributed by atoms with Crippen LogP contribution in [0.2, 0.25) is 0 Å². The average Bonchev–Trinajstić information content (AvgIpc) is 2.78. The molecule has 0 atom stereocenters. The van der Waals surface area contributed by atoms with E-state index in [1.807, 2.05) is 12.1 Å². The lowest BCUT2D eigenvalue weighted by molar-refractivity contribution is -0.126. The van der Waals surface area contributed by atoms with Crippen LogP contribution in [0.4, 0.5) is 5.69 Å². The summed E-state index contributed by atoms with van der Waals surface area (Å²) in [4.78, 5) is 17.2. The quantitative estimate of drug-likeness (QED) is 0.450. The summed E-state index contributed by atoms with van der Waals surface area (Å²) in [7, 11) is 0. The highest BCUT2D eigenvalue weighted by molar-refractivity contribution is 9.10. The van der Waals surface area contributed by atoms with Crippen molar-refractivity contribution in [3.8, 4) is 0 Å². The van der Waals surface area contributed by atoms with E-state index >= 15 is 0 Å². The number of nitrogens with zero attached hydrogens (tertiary/aromatic N) is 3. The third-order valence-corrected chi connectivity index (χ3v) is 6.22. The van der Waals surface area contributed by atoms with Crippen LogP contribution in [0.1, 0.15) is 37.8 Å². The van der Waals surface area contributed by atoms with Gasteiger partial charge in [0.25, 0.3) is 0 Å². The van der Waals surface area contributed by atoms with Crippen LogP contribution in [-0.2, 0) is 11.3 Å². The standard InChI is InChI=1S/C24H31BrN4O/c1-3-29(4-2)23-11-7-19(8-12-23)17-26-27-24(30)21-13-15-28(16-14-21)18-20-5-9-22(25)10-6-20/h5-12,17,21H,3-4,13-16,18H2,1-2H3,(H,27,30)/b26-17-. The number of nitrogens with one attached hydrogen (secondary N) is 1. The van der Waals surface area contributed by atoms with Crippen molar-refractivity contribution < 1.29 is 4.79 Å². The molecule has 0 unspecified atom stereocenters. The zero-order valence-corrected chi connectivity index (χ0v) is 19.4. The van der Waals surface area contributed by atoms with Crippen LogP contribution in [0.25, 0.3) is 0 Å². The Balaban J connectivity index is 1.42. The number of carbonyl (C=O) groups excluding carboxylic acids is 1. The normalized spacial score (nSPS) is 15.4. The number of anilines is 1. The maximum Gasteiger partial charge on any atom is 0.243 e. The minimum Gasteiger partial charge on any atom is -0.372 e. The SMILES string of the molecule is CCN(CC)c1ccc(/C=N\NC(=O)C2CCN(Cc3ccc(Br)cc3)CC2)cc1. The fraction of sp³-hybridized carbons (Fsp3) is 0.417. The van der Waals surface area contributed by atoms with Crippen molar-refractivity contribution in [1.82, 2.24) is 10.3 Å². The van der Waals surface area contributed by atoms with E-state index in [4.69, 9.17) is 0 Å². The van der Waals surface area contributed by atoms with Crippen LogP contribution < -0.4 is 10.3 Å². The third-order valence-electron chi connectivity index (χ3n) is 5.69. The Labute approximate surface area is 188 Å². The van der Waals surface area contributed by atoms with Crippen molar-refractivity contribution in [3.05, 3.63) is 64.1 Å². The zero-order valence-electron chi connectivity index (χ0n) is 17.9. The Bertz CT molecular complexity index is 823. The molecule has 0 aromatic heterocycles. The number of amides is 1. The molecule has 160 valence electrons. The minimum absolute atomic E-state index is 0.0225. The molecular formula is C24H31BrN4O. The van der Waals surface area contributed by atoms with Gasteiger partial charge in [0.2, 0.25) is 5.91 Å². The van der Waals surface area contributed by atoms with Gasteiger partial charge in [0.1, 0.15) is 0 Å². The second-order valence-electron chi connectivity index (χ2n) is 7.67. The number of hydrazone groups is 1. The molecule has 2 aromatic rings. The molecule has 5 nitrogen and oxygen atoms in total. The summed E-state index contributed by atoms with van der Waals surface area (Å²) in [5.41, 5.74) is 6.22. The summed E-state index contributed by atoms with van der Waals surface area (Å²) in [6.45, 7) is 9.09. The van der Waals surface area contributed by atoms with E-state index in [0.717, 1.165) is 55.6 Å². The first-order valence-corrected chi connectivity index (χ1v) is 11.5. The number of piperidine rings is 1. The highest BCUT2D eigenvalue weighted by Gasteiger charge is 2.24. The summed E-state index contributed by atoms with van der Waals surface area (Å²) in [6.07, 6.45) is 3.46.